The van der Waals surface area contributed by atoms with Gasteiger partial charge >= 0.3 is 0 Å². The van der Waals surface area contributed by atoms with Crippen LogP contribution in [0.25, 0.3) is 0 Å². The molecule has 2 amide bonds. The summed E-state index contributed by atoms with van der Waals surface area (Å²) in [7, 11) is 0. The zero-order valence-corrected chi connectivity index (χ0v) is 9.25. The van der Waals surface area contributed by atoms with E-state index in [0.717, 1.165) is 19.4 Å². The fourth-order valence-electron chi connectivity index (χ4n) is 1.73. The smallest absolute Gasteiger partial charge is 0.240 e. The summed E-state index contributed by atoms with van der Waals surface area (Å²) in [4.78, 5) is 22.8. The van der Waals surface area contributed by atoms with E-state index in [0.29, 0.717) is 0 Å². The minimum atomic E-state index is -0.570. The van der Waals surface area contributed by atoms with Crippen molar-refractivity contribution in [2.75, 3.05) is 6.54 Å². The molecule has 0 spiro atoms. The van der Waals surface area contributed by atoms with Crippen molar-refractivity contribution in [3.8, 4) is 0 Å². The fourth-order valence-corrected chi connectivity index (χ4v) is 1.73. The van der Waals surface area contributed by atoms with E-state index in [1.54, 1.807) is 0 Å². The third kappa shape index (κ3) is 3.20. The molecule has 15 heavy (non-hydrogen) atoms. The van der Waals surface area contributed by atoms with Crippen LogP contribution in [0.5, 0.6) is 0 Å². The third-order valence-corrected chi connectivity index (χ3v) is 2.65. The van der Waals surface area contributed by atoms with Gasteiger partial charge in [0.05, 0.1) is 6.04 Å². The first kappa shape index (κ1) is 12.0. The molecule has 4 N–H and O–H groups in total. The van der Waals surface area contributed by atoms with Crippen molar-refractivity contribution in [2.45, 2.75) is 38.8 Å². The molecule has 1 saturated heterocycles. The van der Waals surface area contributed by atoms with Gasteiger partial charge in [0, 0.05) is 0 Å². The van der Waals surface area contributed by atoms with Gasteiger partial charge in [-0.05, 0) is 25.3 Å². The van der Waals surface area contributed by atoms with Crippen molar-refractivity contribution in [2.24, 2.45) is 11.7 Å². The maximum Gasteiger partial charge on any atom is 0.240 e. The number of nitrogens with one attached hydrogen (secondary N) is 2. The molecule has 0 aromatic carbocycles. The zero-order valence-electron chi connectivity index (χ0n) is 9.25. The van der Waals surface area contributed by atoms with Crippen molar-refractivity contribution in [1.29, 1.82) is 0 Å². The molecule has 86 valence electrons. The van der Waals surface area contributed by atoms with Crippen molar-refractivity contribution < 1.29 is 9.59 Å². The van der Waals surface area contributed by atoms with E-state index in [9.17, 15) is 9.59 Å². The largest absolute Gasteiger partial charge is 0.368 e. The average molecular weight is 213 g/mol. The van der Waals surface area contributed by atoms with Crippen LogP contribution in [0.3, 0.4) is 0 Å². The summed E-state index contributed by atoms with van der Waals surface area (Å²) >= 11 is 0. The van der Waals surface area contributed by atoms with Gasteiger partial charge < -0.3 is 16.4 Å². The molecule has 0 aromatic heterocycles. The minimum absolute atomic E-state index is 0.0212. The van der Waals surface area contributed by atoms with Gasteiger partial charge in [0.25, 0.3) is 0 Å². The number of hydrogen-bond donors (Lipinski definition) is 3. The van der Waals surface area contributed by atoms with E-state index in [1.807, 2.05) is 13.8 Å². The monoisotopic (exact) mass is 213 g/mol. The van der Waals surface area contributed by atoms with Crippen molar-refractivity contribution in [3.05, 3.63) is 0 Å². The molecule has 5 nitrogen and oxygen atoms in total. The number of carbonyl (C=O) groups is 2. The van der Waals surface area contributed by atoms with E-state index >= 15 is 0 Å². The molecule has 5 heteroatoms. The number of amides is 2. The summed E-state index contributed by atoms with van der Waals surface area (Å²) < 4.78 is 0. The Hall–Kier alpha value is -1.10. The summed E-state index contributed by atoms with van der Waals surface area (Å²) in [6.07, 6.45) is 1.83. The predicted molar refractivity (Wildman–Crippen MR) is 57.0 cm³/mol. The van der Waals surface area contributed by atoms with Crippen LogP contribution in [-0.2, 0) is 9.59 Å². The second-order valence-electron chi connectivity index (χ2n) is 4.28. The number of primary amides is 1. The topological polar surface area (TPSA) is 84.2 Å². The Morgan fingerprint density at radius 1 is 1.47 bits per heavy atom. The second-order valence-corrected chi connectivity index (χ2v) is 4.28. The number of rotatable bonds is 4. The first-order valence-corrected chi connectivity index (χ1v) is 5.35. The van der Waals surface area contributed by atoms with E-state index in [1.165, 1.54) is 0 Å². The van der Waals surface area contributed by atoms with Gasteiger partial charge in [0.15, 0.2) is 0 Å². The first-order chi connectivity index (χ1) is 7.02. The average Bonchev–Trinajstić information content (AvgIpc) is 2.65. The Morgan fingerprint density at radius 2 is 2.13 bits per heavy atom. The standard InChI is InChI=1S/C10H19N3O2/c1-6(2)8(9(11)14)13-10(15)7-4-3-5-12-7/h6-8,12H,3-5H2,1-2H3,(H2,11,14)(H,13,15)/t7-,8-/m1/s1. The normalized spacial score (nSPS) is 22.7. The molecular weight excluding hydrogens is 194 g/mol. The highest BCUT2D eigenvalue weighted by atomic mass is 16.2. The van der Waals surface area contributed by atoms with Gasteiger partial charge in [-0.1, -0.05) is 13.8 Å². The van der Waals surface area contributed by atoms with Gasteiger partial charge in [-0.15, -0.1) is 0 Å². The molecule has 2 atom stereocenters. The molecule has 1 aliphatic rings. The SMILES string of the molecule is CC(C)[C@@H](NC(=O)[C@H]1CCCN1)C(N)=O. The van der Waals surface area contributed by atoms with Crippen LogP contribution < -0.4 is 16.4 Å². The Morgan fingerprint density at radius 3 is 2.53 bits per heavy atom. The van der Waals surface area contributed by atoms with Gasteiger partial charge in [0.2, 0.25) is 11.8 Å². The Bertz CT molecular complexity index is 247. The fraction of sp³-hybridized carbons (Fsp3) is 0.800. The molecule has 0 aromatic rings. The first-order valence-electron chi connectivity index (χ1n) is 5.35. The summed E-state index contributed by atoms with van der Waals surface area (Å²) in [5.74, 6) is -0.575. The van der Waals surface area contributed by atoms with Crippen LogP contribution in [0.1, 0.15) is 26.7 Å². The number of carbonyl (C=O) groups excluding carboxylic acids is 2. The number of hydrogen-bond acceptors (Lipinski definition) is 3. The third-order valence-electron chi connectivity index (χ3n) is 2.65. The molecule has 0 unspecified atom stereocenters. The lowest BCUT2D eigenvalue weighted by molar-refractivity contribution is -0.129. The van der Waals surface area contributed by atoms with Gasteiger partial charge in [-0.25, -0.2) is 0 Å². The highest BCUT2D eigenvalue weighted by Crippen LogP contribution is 2.07. The van der Waals surface area contributed by atoms with Gasteiger partial charge in [-0.2, -0.15) is 0 Å². The van der Waals surface area contributed by atoms with Crippen molar-refractivity contribution in [3.63, 3.8) is 0 Å². The van der Waals surface area contributed by atoms with Crippen LogP contribution in [0.15, 0.2) is 0 Å². The molecule has 0 saturated carbocycles. The quantitative estimate of drug-likeness (QED) is 0.581. The predicted octanol–water partition coefficient (Wildman–Crippen LogP) is -0.635. The zero-order chi connectivity index (χ0) is 11.4. The highest BCUT2D eigenvalue weighted by Gasteiger charge is 2.27. The summed E-state index contributed by atoms with van der Waals surface area (Å²) in [5.41, 5.74) is 5.21. The van der Waals surface area contributed by atoms with E-state index in [2.05, 4.69) is 10.6 Å². The molecule has 1 rings (SSSR count). The van der Waals surface area contributed by atoms with Crippen LogP contribution in [0.2, 0.25) is 0 Å². The molecule has 0 bridgehead atoms. The molecule has 1 heterocycles. The maximum absolute atomic E-state index is 11.7. The Labute approximate surface area is 89.8 Å². The van der Waals surface area contributed by atoms with Crippen LogP contribution in [0, 0.1) is 5.92 Å². The van der Waals surface area contributed by atoms with Crippen LogP contribution in [-0.4, -0.2) is 30.4 Å². The Kier molecular flexibility index (Phi) is 4.08. The molecular formula is C10H19N3O2. The summed E-state index contributed by atoms with van der Waals surface area (Å²) in [6, 6.07) is -0.731. The lowest BCUT2D eigenvalue weighted by Crippen LogP contribution is -2.52. The van der Waals surface area contributed by atoms with E-state index < -0.39 is 11.9 Å². The molecule has 1 aliphatic heterocycles. The molecule has 0 radical (unpaired) electrons. The number of nitrogens with two attached hydrogens (primary N) is 1. The summed E-state index contributed by atoms with van der Waals surface area (Å²) in [6.45, 7) is 4.58. The lowest BCUT2D eigenvalue weighted by Gasteiger charge is -2.21. The van der Waals surface area contributed by atoms with E-state index in [4.69, 9.17) is 5.73 Å². The van der Waals surface area contributed by atoms with Gasteiger partial charge in [0.1, 0.15) is 6.04 Å². The maximum atomic E-state index is 11.7. The van der Waals surface area contributed by atoms with Crippen molar-refractivity contribution in [1.82, 2.24) is 10.6 Å². The Balaban J connectivity index is 2.50. The summed E-state index contributed by atoms with van der Waals surface area (Å²) in [5, 5.41) is 5.76. The molecule has 1 fully saturated rings. The lowest BCUT2D eigenvalue weighted by atomic mass is 10.0. The molecule has 0 aliphatic carbocycles. The minimum Gasteiger partial charge on any atom is -0.368 e. The van der Waals surface area contributed by atoms with Crippen LogP contribution >= 0.6 is 0 Å². The second kappa shape index (κ2) is 5.11. The van der Waals surface area contributed by atoms with Crippen molar-refractivity contribution >= 4 is 11.8 Å². The van der Waals surface area contributed by atoms with E-state index in [-0.39, 0.29) is 17.9 Å². The van der Waals surface area contributed by atoms with Crippen LogP contribution in [0.4, 0.5) is 0 Å². The highest BCUT2D eigenvalue weighted by molar-refractivity contribution is 5.89. The van der Waals surface area contributed by atoms with Gasteiger partial charge in [-0.3, -0.25) is 9.59 Å².